The normalized spacial score (nSPS) is 23.3. The van der Waals surface area contributed by atoms with Gasteiger partial charge in [0.15, 0.2) is 11.3 Å². The van der Waals surface area contributed by atoms with Crippen LogP contribution in [0.15, 0.2) is 53.7 Å². The van der Waals surface area contributed by atoms with E-state index in [4.69, 9.17) is 5.73 Å². The number of primary amides is 1. The summed E-state index contributed by atoms with van der Waals surface area (Å²) in [6.07, 6.45) is 2.89. The van der Waals surface area contributed by atoms with E-state index >= 15 is 0 Å². The fraction of sp³-hybridized carbons (Fsp3) is 0.333. The first kappa shape index (κ1) is 22.0. The minimum atomic E-state index is -4.14. The summed E-state index contributed by atoms with van der Waals surface area (Å²) in [5.41, 5.74) is 4.30. The Hall–Kier alpha value is -3.18. The number of carbonyl (C=O) groups excluding carboxylic acids is 3. The van der Waals surface area contributed by atoms with Gasteiger partial charge in [-0.1, -0.05) is 12.1 Å². The number of benzene rings is 1. The third-order valence-electron chi connectivity index (χ3n) is 6.06. The van der Waals surface area contributed by atoms with Crippen molar-refractivity contribution in [3.8, 4) is 0 Å². The first-order valence-corrected chi connectivity index (χ1v) is 11.4. The maximum absolute atomic E-state index is 13.1. The molecule has 11 heteroatoms. The zero-order chi connectivity index (χ0) is 23.1. The lowest BCUT2D eigenvalue weighted by atomic mass is 9.89. The number of ketones is 1. The van der Waals surface area contributed by atoms with Crippen molar-refractivity contribution in [3.63, 3.8) is 0 Å². The minimum absolute atomic E-state index is 0.0145. The molecule has 2 N–H and O–H groups in total. The van der Waals surface area contributed by atoms with Crippen LogP contribution in [-0.2, 0) is 30.8 Å². The van der Waals surface area contributed by atoms with E-state index in [2.05, 4.69) is 4.98 Å². The number of aromatic nitrogens is 1. The number of hydrogen-bond donors (Lipinski definition) is 1. The van der Waals surface area contributed by atoms with Crippen molar-refractivity contribution in [3.05, 3.63) is 60.2 Å². The molecule has 4 rings (SSSR count). The number of rotatable bonds is 6. The molecule has 2 amide bonds. The van der Waals surface area contributed by atoms with E-state index in [9.17, 15) is 27.2 Å². The molecule has 0 radical (unpaired) electrons. The van der Waals surface area contributed by atoms with Crippen LogP contribution in [-0.4, -0.2) is 64.9 Å². The van der Waals surface area contributed by atoms with Gasteiger partial charge in [0.1, 0.15) is 10.7 Å². The monoisotopic (exact) mass is 460 g/mol. The molecule has 3 heterocycles. The van der Waals surface area contributed by atoms with Gasteiger partial charge in [-0.3, -0.25) is 19.4 Å². The molecule has 2 atom stereocenters. The lowest BCUT2D eigenvalue weighted by molar-refractivity contribution is -0.149. The van der Waals surface area contributed by atoms with Gasteiger partial charge >= 0.3 is 0 Å². The molecule has 2 saturated heterocycles. The molecule has 2 aliphatic rings. The number of nitrogens with two attached hydrogens (primary N) is 1. The SMILES string of the molecule is NC(=O)C12C(=O)CN(S(=O)(=O)c3cccnc3)C1CCN2C(=O)CCc1ccc(F)cc1. The summed E-state index contributed by atoms with van der Waals surface area (Å²) < 4.78 is 40.3. The van der Waals surface area contributed by atoms with Gasteiger partial charge in [0, 0.05) is 25.4 Å². The molecular weight excluding hydrogens is 439 g/mol. The Bertz CT molecular complexity index is 1170. The number of likely N-dealkylation sites (tertiary alicyclic amines) is 1. The number of sulfonamides is 1. The Morgan fingerprint density at radius 1 is 1.22 bits per heavy atom. The van der Waals surface area contributed by atoms with Gasteiger partial charge in [0.05, 0.1) is 12.6 Å². The molecule has 1 aromatic carbocycles. The zero-order valence-electron chi connectivity index (χ0n) is 17.0. The van der Waals surface area contributed by atoms with Crippen LogP contribution in [0.25, 0.3) is 0 Å². The van der Waals surface area contributed by atoms with Crippen molar-refractivity contribution in [2.75, 3.05) is 13.1 Å². The highest BCUT2D eigenvalue weighted by Gasteiger charge is 2.68. The summed E-state index contributed by atoms with van der Waals surface area (Å²) >= 11 is 0. The van der Waals surface area contributed by atoms with Gasteiger partial charge in [-0.15, -0.1) is 0 Å². The van der Waals surface area contributed by atoms with Crippen molar-refractivity contribution >= 4 is 27.6 Å². The van der Waals surface area contributed by atoms with E-state index < -0.39 is 51.6 Å². The second-order valence-corrected chi connectivity index (χ2v) is 9.66. The lowest BCUT2D eigenvalue weighted by Gasteiger charge is -2.34. The van der Waals surface area contributed by atoms with Crippen LogP contribution in [0.5, 0.6) is 0 Å². The molecule has 168 valence electrons. The topological polar surface area (TPSA) is 131 Å². The second-order valence-electron chi connectivity index (χ2n) is 7.77. The van der Waals surface area contributed by atoms with Gasteiger partial charge in [-0.05, 0) is 42.7 Å². The van der Waals surface area contributed by atoms with Crippen LogP contribution in [0, 0.1) is 5.82 Å². The number of amides is 2. The molecule has 0 aliphatic carbocycles. The summed E-state index contributed by atoms with van der Waals surface area (Å²) in [5.74, 6) is -2.68. The van der Waals surface area contributed by atoms with Crippen LogP contribution in [0.2, 0.25) is 0 Å². The van der Waals surface area contributed by atoms with E-state index in [1.807, 2.05) is 0 Å². The Kier molecular flexibility index (Phi) is 5.55. The van der Waals surface area contributed by atoms with E-state index in [0.29, 0.717) is 5.56 Å². The van der Waals surface area contributed by atoms with Crippen LogP contribution in [0.3, 0.4) is 0 Å². The summed E-state index contributed by atoms with van der Waals surface area (Å²) in [6.45, 7) is -0.548. The third kappa shape index (κ3) is 3.37. The first-order valence-electron chi connectivity index (χ1n) is 9.99. The molecule has 2 aromatic rings. The number of carbonyl (C=O) groups is 3. The minimum Gasteiger partial charge on any atom is -0.367 e. The Morgan fingerprint density at radius 3 is 2.56 bits per heavy atom. The average molecular weight is 460 g/mol. The van der Waals surface area contributed by atoms with Crippen LogP contribution in [0.1, 0.15) is 18.4 Å². The number of nitrogens with zero attached hydrogens (tertiary/aromatic N) is 3. The van der Waals surface area contributed by atoms with Crippen molar-refractivity contribution in [1.29, 1.82) is 0 Å². The molecule has 2 aliphatic heterocycles. The predicted octanol–water partition coefficient (Wildman–Crippen LogP) is 0.252. The highest BCUT2D eigenvalue weighted by molar-refractivity contribution is 7.89. The second kappa shape index (κ2) is 8.06. The molecule has 32 heavy (non-hydrogen) atoms. The molecule has 9 nitrogen and oxygen atoms in total. The number of halogens is 1. The number of aryl methyl sites for hydroxylation is 1. The molecule has 0 saturated carbocycles. The van der Waals surface area contributed by atoms with Gasteiger partial charge in [-0.25, -0.2) is 12.8 Å². The first-order chi connectivity index (χ1) is 15.2. The number of fused-ring (bicyclic) bond motifs is 1. The number of Topliss-reactive ketones (excluding diaryl/α,β-unsaturated/α-hetero) is 1. The molecule has 0 bridgehead atoms. The summed E-state index contributed by atoms with van der Waals surface area (Å²) in [7, 11) is -4.14. The van der Waals surface area contributed by atoms with Gasteiger partial charge in [0.25, 0.3) is 5.91 Å². The highest BCUT2D eigenvalue weighted by Crippen LogP contribution is 2.42. The van der Waals surface area contributed by atoms with E-state index in [-0.39, 0.29) is 30.7 Å². The lowest BCUT2D eigenvalue weighted by Crippen LogP contribution is -2.64. The highest BCUT2D eigenvalue weighted by atomic mass is 32.2. The van der Waals surface area contributed by atoms with Crippen molar-refractivity contribution in [2.24, 2.45) is 5.73 Å². The van der Waals surface area contributed by atoms with E-state index in [1.54, 1.807) is 12.1 Å². The largest absolute Gasteiger partial charge is 0.367 e. The Morgan fingerprint density at radius 2 is 1.94 bits per heavy atom. The molecular formula is C21H21FN4O5S. The summed E-state index contributed by atoms with van der Waals surface area (Å²) in [6, 6.07) is 7.34. The fourth-order valence-corrected chi connectivity index (χ4v) is 6.15. The van der Waals surface area contributed by atoms with Crippen LogP contribution >= 0.6 is 0 Å². The quantitative estimate of drug-likeness (QED) is 0.615. The van der Waals surface area contributed by atoms with Crippen LogP contribution in [0.4, 0.5) is 4.39 Å². The maximum atomic E-state index is 13.1. The Balaban J connectivity index is 1.62. The summed E-state index contributed by atoms with van der Waals surface area (Å²) in [4.78, 5) is 43.5. The predicted molar refractivity (Wildman–Crippen MR) is 110 cm³/mol. The number of hydrogen-bond acceptors (Lipinski definition) is 6. The standard InChI is InChI=1S/C21H21FN4O5S/c22-15-6-3-14(4-7-15)5-8-19(28)25-11-9-17-21(25,20(23)29)18(27)13-26(17)32(30,31)16-2-1-10-24-12-16/h1-4,6-7,10,12,17H,5,8-9,11,13H2,(H2,23,29). The summed E-state index contributed by atoms with van der Waals surface area (Å²) in [5, 5.41) is 0. The molecule has 0 spiro atoms. The van der Waals surface area contributed by atoms with Crippen LogP contribution < -0.4 is 5.73 Å². The van der Waals surface area contributed by atoms with Crippen molar-refractivity contribution in [1.82, 2.24) is 14.2 Å². The molecule has 2 unspecified atom stereocenters. The van der Waals surface area contributed by atoms with E-state index in [1.165, 1.54) is 30.5 Å². The zero-order valence-corrected chi connectivity index (χ0v) is 17.8. The average Bonchev–Trinajstić information content (AvgIpc) is 3.31. The van der Waals surface area contributed by atoms with Gasteiger partial charge in [0.2, 0.25) is 15.9 Å². The fourth-order valence-electron chi connectivity index (χ4n) is 4.56. The smallest absolute Gasteiger partial charge is 0.252 e. The third-order valence-corrected chi connectivity index (χ3v) is 7.90. The van der Waals surface area contributed by atoms with Crippen molar-refractivity contribution in [2.45, 2.75) is 35.7 Å². The van der Waals surface area contributed by atoms with Gasteiger partial charge in [-0.2, -0.15) is 4.31 Å². The number of pyridine rings is 1. The maximum Gasteiger partial charge on any atom is 0.252 e. The van der Waals surface area contributed by atoms with E-state index in [0.717, 1.165) is 15.4 Å². The molecule has 1 aromatic heterocycles. The van der Waals surface area contributed by atoms with Gasteiger partial charge < -0.3 is 10.6 Å². The molecule has 2 fully saturated rings. The van der Waals surface area contributed by atoms with Crippen molar-refractivity contribution < 1.29 is 27.2 Å². The Labute approximate surface area is 184 Å².